The van der Waals surface area contributed by atoms with Crippen molar-refractivity contribution in [1.29, 1.82) is 0 Å². The molecule has 0 spiro atoms. The van der Waals surface area contributed by atoms with Crippen LogP contribution in [0, 0.1) is 23.7 Å². The predicted molar refractivity (Wildman–Crippen MR) is 123 cm³/mol. The molecule has 0 aliphatic heterocycles. The van der Waals surface area contributed by atoms with Crippen molar-refractivity contribution < 1.29 is 19.1 Å². The fourth-order valence-electron chi connectivity index (χ4n) is 5.54. The maximum Gasteiger partial charge on any atom is 0.331 e. The lowest BCUT2D eigenvalue weighted by Crippen LogP contribution is -2.45. The summed E-state index contributed by atoms with van der Waals surface area (Å²) in [5.41, 5.74) is 2.09. The first-order valence-corrected chi connectivity index (χ1v) is 11.5. The third kappa shape index (κ3) is 6.56. The van der Waals surface area contributed by atoms with Crippen LogP contribution in [0.3, 0.4) is 0 Å². The Labute approximate surface area is 186 Å². The van der Waals surface area contributed by atoms with Crippen LogP contribution in [0.4, 0.5) is 0 Å². The van der Waals surface area contributed by atoms with Gasteiger partial charge in [-0.25, -0.2) is 4.79 Å². The lowest BCUT2D eigenvalue weighted by atomic mass is 9.69. The Balaban J connectivity index is 1.62. The Morgan fingerprint density at radius 3 is 2.10 bits per heavy atom. The highest BCUT2D eigenvalue weighted by Gasteiger charge is 2.53. The minimum Gasteiger partial charge on any atom is -0.458 e. The molecule has 3 fully saturated rings. The van der Waals surface area contributed by atoms with Crippen LogP contribution in [-0.2, 0) is 19.1 Å². The van der Waals surface area contributed by atoms with Crippen LogP contribution in [0.25, 0.3) is 0 Å². The minimum atomic E-state index is -0.387. The number of hydrogen-bond acceptors (Lipinski definition) is 4. The Morgan fingerprint density at radius 2 is 1.48 bits per heavy atom. The molecule has 2 bridgehead atoms. The van der Waals surface area contributed by atoms with Crippen LogP contribution < -0.4 is 0 Å². The van der Waals surface area contributed by atoms with E-state index in [0.29, 0.717) is 11.8 Å². The summed E-state index contributed by atoms with van der Waals surface area (Å²) in [5.74, 6) is 2.04. The molecule has 0 aromatic rings. The van der Waals surface area contributed by atoms with Crippen molar-refractivity contribution in [3.8, 4) is 0 Å². The van der Waals surface area contributed by atoms with E-state index in [-0.39, 0.29) is 30.6 Å². The highest BCUT2D eigenvalue weighted by atomic mass is 16.6. The summed E-state index contributed by atoms with van der Waals surface area (Å²) in [4.78, 5) is 24.8. The topological polar surface area (TPSA) is 52.6 Å². The molecule has 3 aliphatic carbocycles. The second-order valence-electron chi connectivity index (χ2n) is 9.58. The molecule has 4 nitrogen and oxygen atoms in total. The van der Waals surface area contributed by atoms with E-state index in [1.54, 1.807) is 12.2 Å². The van der Waals surface area contributed by atoms with Gasteiger partial charge in [0.25, 0.3) is 0 Å². The van der Waals surface area contributed by atoms with Crippen molar-refractivity contribution >= 4 is 11.9 Å². The highest BCUT2D eigenvalue weighted by Crippen LogP contribution is 2.58. The molecule has 0 amide bonds. The second kappa shape index (κ2) is 10.8. The molecule has 0 aromatic carbocycles. The van der Waals surface area contributed by atoms with E-state index in [0.717, 1.165) is 30.3 Å². The molecule has 0 saturated heterocycles. The van der Waals surface area contributed by atoms with Gasteiger partial charge < -0.3 is 9.47 Å². The number of allylic oxidation sites excluding steroid dienone is 7. The molecule has 3 aliphatic rings. The van der Waals surface area contributed by atoms with Gasteiger partial charge in [0, 0.05) is 6.08 Å². The summed E-state index contributed by atoms with van der Waals surface area (Å²) in [6, 6.07) is 0. The zero-order valence-corrected chi connectivity index (χ0v) is 19.1. The van der Waals surface area contributed by atoms with E-state index in [4.69, 9.17) is 9.47 Å². The molecular weight excluding hydrogens is 388 g/mol. The SMILES string of the molecule is C=C(C)/C=C\C=C\C(=O)OC1CC2C3CCC(C3)C2CC1OC(=O)C/C=C\C=C(C)C. The van der Waals surface area contributed by atoms with Crippen LogP contribution in [0.2, 0.25) is 0 Å². The third-order valence-electron chi connectivity index (χ3n) is 6.82. The van der Waals surface area contributed by atoms with Crippen LogP contribution in [0.15, 0.2) is 60.3 Å². The first kappa shape index (κ1) is 23.3. The van der Waals surface area contributed by atoms with Gasteiger partial charge in [0.2, 0.25) is 0 Å². The zero-order chi connectivity index (χ0) is 22.4. The number of ether oxygens (including phenoxy) is 2. The van der Waals surface area contributed by atoms with E-state index < -0.39 is 0 Å². The number of esters is 2. The van der Waals surface area contributed by atoms with Gasteiger partial charge in [-0.2, -0.15) is 0 Å². The molecule has 31 heavy (non-hydrogen) atoms. The molecule has 168 valence electrons. The van der Waals surface area contributed by atoms with E-state index in [1.165, 1.54) is 30.9 Å². The van der Waals surface area contributed by atoms with Gasteiger partial charge in [0.05, 0.1) is 6.42 Å². The maximum absolute atomic E-state index is 12.4. The summed E-state index contributed by atoms with van der Waals surface area (Å²) in [6.45, 7) is 9.71. The minimum absolute atomic E-state index is 0.229. The Hall–Kier alpha value is -2.36. The van der Waals surface area contributed by atoms with Gasteiger partial charge in [-0.15, -0.1) is 0 Å². The number of hydrogen-bond donors (Lipinski definition) is 0. The maximum atomic E-state index is 12.4. The fourth-order valence-corrected chi connectivity index (χ4v) is 5.54. The van der Waals surface area contributed by atoms with Gasteiger partial charge in [0.1, 0.15) is 12.2 Å². The zero-order valence-electron chi connectivity index (χ0n) is 19.1. The molecule has 0 N–H and O–H groups in total. The fraction of sp³-hybridized carbons (Fsp3) is 0.556. The number of carbonyl (C=O) groups excluding carboxylic acids is 2. The number of carbonyl (C=O) groups is 2. The van der Waals surface area contributed by atoms with Crippen molar-refractivity contribution in [2.75, 3.05) is 0 Å². The summed E-state index contributed by atoms with van der Waals surface area (Å²) >= 11 is 0. The third-order valence-corrected chi connectivity index (χ3v) is 6.82. The normalized spacial score (nSPS) is 31.8. The van der Waals surface area contributed by atoms with Gasteiger partial charge in [0.15, 0.2) is 0 Å². The molecule has 3 saturated carbocycles. The molecule has 0 heterocycles. The standard InChI is InChI=1S/C27H36O4/c1-18(2)9-5-7-11-26(28)30-24-16-22-20-13-14-21(15-20)23(22)17-25(24)31-27(29)12-8-6-10-19(3)4/h5-11,20-25H,1,12-17H2,2-4H3/b8-6-,9-5-,11-7+. The summed E-state index contributed by atoms with van der Waals surface area (Å²) in [7, 11) is 0. The Kier molecular flexibility index (Phi) is 8.11. The van der Waals surface area contributed by atoms with Crippen LogP contribution in [0.1, 0.15) is 59.3 Å². The van der Waals surface area contributed by atoms with E-state index in [2.05, 4.69) is 6.58 Å². The average molecular weight is 425 g/mol. The van der Waals surface area contributed by atoms with E-state index in [9.17, 15) is 9.59 Å². The van der Waals surface area contributed by atoms with Gasteiger partial charge in [-0.1, -0.05) is 54.2 Å². The quantitative estimate of drug-likeness (QED) is 0.278. The van der Waals surface area contributed by atoms with Crippen LogP contribution in [-0.4, -0.2) is 24.1 Å². The largest absolute Gasteiger partial charge is 0.458 e. The second-order valence-corrected chi connectivity index (χ2v) is 9.58. The molecular formula is C27H36O4. The molecule has 0 radical (unpaired) electrons. The number of rotatable bonds is 8. The molecule has 0 aromatic heterocycles. The summed E-state index contributed by atoms with van der Waals surface area (Å²) in [5, 5.41) is 0. The molecule has 6 atom stereocenters. The van der Waals surface area contributed by atoms with Crippen LogP contribution >= 0.6 is 0 Å². The summed E-state index contributed by atoms with van der Waals surface area (Å²) < 4.78 is 11.6. The Morgan fingerprint density at radius 1 is 0.871 bits per heavy atom. The van der Waals surface area contributed by atoms with Gasteiger partial charge in [-0.05, 0) is 76.5 Å². The van der Waals surface area contributed by atoms with Crippen molar-refractivity contribution in [3.05, 3.63) is 60.3 Å². The average Bonchev–Trinajstić information content (AvgIpc) is 3.31. The lowest BCUT2D eigenvalue weighted by molar-refractivity contribution is -0.174. The molecule has 6 unspecified atom stereocenters. The van der Waals surface area contributed by atoms with E-state index >= 15 is 0 Å². The molecule has 3 rings (SSSR count). The van der Waals surface area contributed by atoms with E-state index in [1.807, 2.05) is 45.1 Å². The van der Waals surface area contributed by atoms with Crippen molar-refractivity contribution in [2.45, 2.75) is 71.5 Å². The van der Waals surface area contributed by atoms with Crippen molar-refractivity contribution in [3.63, 3.8) is 0 Å². The lowest BCUT2D eigenvalue weighted by Gasteiger charge is -2.42. The molecule has 4 heteroatoms. The van der Waals surface area contributed by atoms with Gasteiger partial charge >= 0.3 is 11.9 Å². The summed E-state index contributed by atoms with van der Waals surface area (Å²) in [6.07, 6.45) is 17.3. The number of fused-ring (bicyclic) bond motifs is 5. The monoisotopic (exact) mass is 424 g/mol. The smallest absolute Gasteiger partial charge is 0.331 e. The Bertz CT molecular complexity index is 796. The predicted octanol–water partition coefficient (Wildman–Crippen LogP) is 5.87. The highest BCUT2D eigenvalue weighted by molar-refractivity contribution is 5.82. The van der Waals surface area contributed by atoms with Crippen LogP contribution in [0.5, 0.6) is 0 Å². The van der Waals surface area contributed by atoms with Gasteiger partial charge in [-0.3, -0.25) is 4.79 Å². The first-order valence-electron chi connectivity index (χ1n) is 11.5. The first-order chi connectivity index (χ1) is 14.8. The van der Waals surface area contributed by atoms with Crippen molar-refractivity contribution in [2.24, 2.45) is 23.7 Å². The van der Waals surface area contributed by atoms with Crippen molar-refractivity contribution in [1.82, 2.24) is 0 Å².